The average Bonchev–Trinajstić information content (AvgIpc) is 3.21. The van der Waals surface area contributed by atoms with Gasteiger partial charge >= 0.3 is 0 Å². The molecule has 5 nitrogen and oxygen atoms in total. The fraction of sp³-hybridized carbons (Fsp3) is 0.136. The number of hydrogen-bond acceptors (Lipinski definition) is 4. The SMILES string of the molecule is O=C(Cc1cccc2ccccc12)Nc1ccccc1C(=O)NC1=NCCS1. The Kier molecular flexibility index (Phi) is 5.39. The van der Waals surface area contributed by atoms with E-state index in [0.29, 0.717) is 23.0 Å². The maximum absolute atomic E-state index is 12.7. The molecule has 0 bridgehead atoms. The highest BCUT2D eigenvalue weighted by molar-refractivity contribution is 8.14. The summed E-state index contributed by atoms with van der Waals surface area (Å²) in [5.74, 6) is 0.442. The van der Waals surface area contributed by atoms with E-state index in [9.17, 15) is 9.59 Å². The number of anilines is 1. The highest BCUT2D eigenvalue weighted by Crippen LogP contribution is 2.21. The number of benzene rings is 3. The van der Waals surface area contributed by atoms with E-state index < -0.39 is 0 Å². The minimum atomic E-state index is -0.269. The Morgan fingerprint density at radius 2 is 1.71 bits per heavy atom. The van der Waals surface area contributed by atoms with E-state index in [1.54, 1.807) is 24.3 Å². The van der Waals surface area contributed by atoms with Crippen LogP contribution >= 0.6 is 11.8 Å². The van der Waals surface area contributed by atoms with Gasteiger partial charge in [0.05, 0.1) is 24.2 Å². The Balaban J connectivity index is 1.51. The van der Waals surface area contributed by atoms with Crippen LogP contribution in [0.4, 0.5) is 5.69 Å². The monoisotopic (exact) mass is 389 g/mol. The standard InChI is InChI=1S/C22H19N3O2S/c26-20(14-16-8-5-7-15-6-1-2-9-17(15)16)24-19-11-4-3-10-18(19)21(27)25-22-23-12-13-28-22/h1-11H,12-14H2,(H,24,26)(H,23,25,27). The highest BCUT2D eigenvalue weighted by atomic mass is 32.2. The molecule has 0 unspecified atom stereocenters. The quantitative estimate of drug-likeness (QED) is 0.712. The van der Waals surface area contributed by atoms with Gasteiger partial charge in [-0.1, -0.05) is 66.4 Å². The van der Waals surface area contributed by atoms with Crippen molar-refractivity contribution in [2.24, 2.45) is 4.99 Å². The Morgan fingerprint density at radius 1 is 0.929 bits per heavy atom. The van der Waals surface area contributed by atoms with Gasteiger partial charge in [0, 0.05) is 5.75 Å². The molecule has 0 radical (unpaired) electrons. The van der Waals surface area contributed by atoms with Crippen molar-refractivity contribution in [2.75, 3.05) is 17.6 Å². The average molecular weight is 389 g/mol. The molecule has 0 spiro atoms. The molecule has 3 aromatic carbocycles. The molecule has 3 aromatic rings. The molecule has 0 fully saturated rings. The lowest BCUT2D eigenvalue weighted by Gasteiger charge is -2.12. The van der Waals surface area contributed by atoms with Crippen LogP contribution < -0.4 is 10.6 Å². The number of thioether (sulfide) groups is 1. The van der Waals surface area contributed by atoms with Crippen LogP contribution in [0.5, 0.6) is 0 Å². The topological polar surface area (TPSA) is 70.6 Å². The van der Waals surface area contributed by atoms with Gasteiger partial charge in [0.25, 0.3) is 5.91 Å². The second-order valence-corrected chi connectivity index (χ2v) is 7.48. The van der Waals surface area contributed by atoms with E-state index in [1.807, 2.05) is 42.5 Å². The summed E-state index contributed by atoms with van der Waals surface area (Å²) in [5.41, 5.74) is 1.87. The van der Waals surface area contributed by atoms with Gasteiger partial charge in [0.2, 0.25) is 5.91 Å². The van der Waals surface area contributed by atoms with Crippen molar-refractivity contribution in [2.45, 2.75) is 6.42 Å². The van der Waals surface area contributed by atoms with Crippen LogP contribution in [0.2, 0.25) is 0 Å². The van der Waals surface area contributed by atoms with Gasteiger partial charge in [-0.3, -0.25) is 14.6 Å². The number of para-hydroxylation sites is 1. The Morgan fingerprint density at radius 3 is 2.57 bits per heavy atom. The van der Waals surface area contributed by atoms with Gasteiger partial charge in [-0.15, -0.1) is 0 Å². The van der Waals surface area contributed by atoms with Gasteiger partial charge in [0.15, 0.2) is 5.17 Å². The van der Waals surface area contributed by atoms with E-state index >= 15 is 0 Å². The normalized spacial score (nSPS) is 13.2. The zero-order valence-electron chi connectivity index (χ0n) is 15.1. The van der Waals surface area contributed by atoms with Gasteiger partial charge in [-0.25, -0.2) is 0 Å². The van der Waals surface area contributed by atoms with Gasteiger partial charge in [0.1, 0.15) is 0 Å². The second kappa shape index (κ2) is 8.27. The second-order valence-electron chi connectivity index (χ2n) is 6.40. The molecular weight excluding hydrogens is 370 g/mol. The van der Waals surface area contributed by atoms with Crippen LogP contribution in [0.3, 0.4) is 0 Å². The molecule has 0 atom stereocenters. The van der Waals surface area contributed by atoms with Crippen molar-refractivity contribution in [3.63, 3.8) is 0 Å². The number of amides is 2. The van der Waals surface area contributed by atoms with Crippen molar-refractivity contribution in [3.8, 4) is 0 Å². The molecule has 2 amide bonds. The number of carbonyl (C=O) groups excluding carboxylic acids is 2. The molecule has 0 saturated carbocycles. The first-order chi connectivity index (χ1) is 13.7. The van der Waals surface area contributed by atoms with Crippen LogP contribution in [0.15, 0.2) is 71.7 Å². The number of nitrogens with zero attached hydrogens (tertiary/aromatic N) is 1. The van der Waals surface area contributed by atoms with E-state index in [0.717, 1.165) is 22.1 Å². The lowest BCUT2D eigenvalue weighted by atomic mass is 10.0. The third-order valence-corrected chi connectivity index (χ3v) is 5.37. The summed E-state index contributed by atoms with van der Waals surface area (Å²) in [6, 6.07) is 20.9. The number of hydrogen-bond donors (Lipinski definition) is 2. The van der Waals surface area contributed by atoms with Crippen molar-refractivity contribution in [3.05, 3.63) is 77.9 Å². The summed E-state index contributed by atoms with van der Waals surface area (Å²) < 4.78 is 0. The maximum atomic E-state index is 12.7. The van der Waals surface area contributed by atoms with Crippen LogP contribution in [0.25, 0.3) is 10.8 Å². The van der Waals surface area contributed by atoms with Crippen LogP contribution in [-0.4, -0.2) is 29.3 Å². The first kappa shape index (κ1) is 18.3. The van der Waals surface area contributed by atoms with E-state index in [-0.39, 0.29) is 18.2 Å². The lowest BCUT2D eigenvalue weighted by Crippen LogP contribution is -2.28. The van der Waals surface area contributed by atoms with Crippen LogP contribution in [0.1, 0.15) is 15.9 Å². The van der Waals surface area contributed by atoms with Gasteiger partial charge < -0.3 is 10.6 Å². The summed E-state index contributed by atoms with van der Waals surface area (Å²) in [5, 5.41) is 8.47. The van der Waals surface area contributed by atoms with E-state index in [1.165, 1.54) is 11.8 Å². The molecule has 28 heavy (non-hydrogen) atoms. The summed E-state index contributed by atoms with van der Waals surface area (Å²) in [6.45, 7) is 0.712. The zero-order valence-corrected chi connectivity index (χ0v) is 16.0. The van der Waals surface area contributed by atoms with Gasteiger partial charge in [-0.05, 0) is 28.5 Å². The van der Waals surface area contributed by atoms with Crippen LogP contribution in [-0.2, 0) is 11.2 Å². The lowest BCUT2D eigenvalue weighted by molar-refractivity contribution is -0.115. The van der Waals surface area contributed by atoms with Crippen LogP contribution in [0, 0.1) is 0 Å². The number of aliphatic imine (C=N–C) groups is 1. The number of amidine groups is 1. The van der Waals surface area contributed by atoms with E-state index in [2.05, 4.69) is 15.6 Å². The fourth-order valence-corrected chi connectivity index (χ4v) is 3.90. The van der Waals surface area contributed by atoms with E-state index in [4.69, 9.17) is 0 Å². The minimum absolute atomic E-state index is 0.163. The fourth-order valence-electron chi connectivity index (χ4n) is 3.18. The maximum Gasteiger partial charge on any atom is 0.259 e. The third-order valence-electron chi connectivity index (χ3n) is 4.48. The molecular formula is C22H19N3O2S. The first-order valence-electron chi connectivity index (χ1n) is 9.05. The van der Waals surface area contributed by atoms with Crippen molar-refractivity contribution >= 4 is 45.2 Å². The van der Waals surface area contributed by atoms with Gasteiger partial charge in [-0.2, -0.15) is 0 Å². The summed E-state index contributed by atoms with van der Waals surface area (Å²) in [7, 11) is 0. The van der Waals surface area contributed by atoms with Crippen molar-refractivity contribution in [1.29, 1.82) is 0 Å². The first-order valence-corrected chi connectivity index (χ1v) is 10.0. The molecule has 0 aromatic heterocycles. The smallest absolute Gasteiger partial charge is 0.259 e. The number of carbonyl (C=O) groups is 2. The molecule has 2 N–H and O–H groups in total. The summed E-state index contributed by atoms with van der Waals surface area (Å²) in [6.07, 6.45) is 0.236. The predicted octanol–water partition coefficient (Wildman–Crippen LogP) is 3.85. The molecule has 6 heteroatoms. The highest BCUT2D eigenvalue weighted by Gasteiger charge is 2.17. The predicted molar refractivity (Wildman–Crippen MR) is 115 cm³/mol. The Labute approximate surface area is 167 Å². The van der Waals surface area contributed by atoms with Crippen molar-refractivity contribution < 1.29 is 9.59 Å². The zero-order chi connectivity index (χ0) is 19.3. The summed E-state index contributed by atoms with van der Waals surface area (Å²) in [4.78, 5) is 29.5. The summed E-state index contributed by atoms with van der Waals surface area (Å²) >= 11 is 1.52. The molecule has 1 aliphatic rings. The third kappa shape index (κ3) is 4.07. The molecule has 1 aliphatic heterocycles. The molecule has 140 valence electrons. The molecule has 1 heterocycles. The number of fused-ring (bicyclic) bond motifs is 1. The van der Waals surface area contributed by atoms with Crippen molar-refractivity contribution in [1.82, 2.24) is 5.32 Å². The molecule has 0 aliphatic carbocycles. The Bertz CT molecular complexity index is 1070. The number of nitrogens with one attached hydrogen (secondary N) is 2. The molecule has 0 saturated heterocycles. The molecule has 4 rings (SSSR count). The Hall–Kier alpha value is -3.12. The minimum Gasteiger partial charge on any atom is -0.325 e. The largest absolute Gasteiger partial charge is 0.325 e. The number of rotatable bonds is 4.